The van der Waals surface area contributed by atoms with E-state index in [1.807, 2.05) is 6.07 Å². The van der Waals surface area contributed by atoms with Crippen LogP contribution in [0.2, 0.25) is 5.02 Å². The van der Waals surface area contributed by atoms with Crippen molar-refractivity contribution in [2.75, 3.05) is 51.0 Å². The maximum Gasteiger partial charge on any atom is 0.319 e. The summed E-state index contributed by atoms with van der Waals surface area (Å²) >= 11 is 6.80. The lowest BCUT2D eigenvalue weighted by Crippen LogP contribution is -2.43. The molecule has 8 heterocycles. The summed E-state index contributed by atoms with van der Waals surface area (Å²) in [7, 11) is 0. The molecular formula is C32H36ClF2N7O3. The average molecular weight is 640 g/mol. The molecule has 9 rings (SSSR count). The molecule has 5 aliphatic rings. The van der Waals surface area contributed by atoms with Gasteiger partial charge in [-0.05, 0) is 56.7 Å². The van der Waals surface area contributed by atoms with Crippen molar-refractivity contribution in [3.63, 3.8) is 0 Å². The molecule has 3 aromatic heterocycles. The van der Waals surface area contributed by atoms with Crippen LogP contribution in [0, 0.1) is 11.7 Å². The molecule has 0 amide bonds. The summed E-state index contributed by atoms with van der Waals surface area (Å²) < 4.78 is 44.0. The molecule has 238 valence electrons. The van der Waals surface area contributed by atoms with Gasteiger partial charge in [0.05, 0.1) is 35.3 Å². The van der Waals surface area contributed by atoms with Crippen LogP contribution in [0.25, 0.3) is 33.1 Å². The Kier molecular flexibility index (Phi) is 7.51. The third-order valence-electron chi connectivity index (χ3n) is 10.2. The molecule has 4 aromatic rings. The Hall–Kier alpha value is -3.19. The van der Waals surface area contributed by atoms with E-state index in [0.717, 1.165) is 43.2 Å². The topological polar surface area (TPSA) is 113 Å². The number of benzene rings is 1. The van der Waals surface area contributed by atoms with Gasteiger partial charge >= 0.3 is 6.01 Å². The smallest absolute Gasteiger partial charge is 0.319 e. The number of H-pyrrole nitrogens is 1. The normalized spacial score (nSPS) is 27.2. The standard InChI is InChI=1S/C32H36ClF2N7O3/c33-24-9-25-22(12-37-40-25)26-21(24)4-1-2-7-44-16-20-8-18(15-43)13-42(20)30-23-11-36-29(26)27(35)28(23)38-31(39-30)45-17-32-5-3-6-41(32)14-19(34)10-32/h9,11-12,18-20,43H,1-8,10,13-17H2,(H,37,40)/t18-,19+,20-,32-/m0/s1. The summed E-state index contributed by atoms with van der Waals surface area (Å²) in [6, 6.07) is 1.78. The van der Waals surface area contributed by atoms with Crippen LogP contribution in [0.1, 0.15) is 44.1 Å². The highest BCUT2D eigenvalue weighted by Crippen LogP contribution is 2.43. The van der Waals surface area contributed by atoms with Crippen molar-refractivity contribution in [1.29, 1.82) is 0 Å². The zero-order valence-corrected chi connectivity index (χ0v) is 25.7. The predicted molar refractivity (Wildman–Crippen MR) is 166 cm³/mol. The van der Waals surface area contributed by atoms with E-state index in [-0.39, 0.29) is 42.4 Å². The van der Waals surface area contributed by atoms with Crippen molar-refractivity contribution in [1.82, 2.24) is 30.0 Å². The highest BCUT2D eigenvalue weighted by molar-refractivity contribution is 6.33. The van der Waals surface area contributed by atoms with E-state index in [2.05, 4.69) is 25.0 Å². The van der Waals surface area contributed by atoms with Crippen molar-refractivity contribution in [2.45, 2.75) is 62.7 Å². The Balaban J connectivity index is 1.30. The quantitative estimate of drug-likeness (QED) is 0.323. The van der Waals surface area contributed by atoms with Crippen LogP contribution in [-0.2, 0) is 11.2 Å². The highest BCUT2D eigenvalue weighted by Gasteiger charge is 2.49. The SMILES string of the molecule is OC[C@H]1C[C@H]2COCCCCc3c(Cl)cc4[nH]ncc4c3-c3ncc4c(nc(OC[C@@]56CCCN5C[C@H](F)C6)nc4c3F)N2C1. The molecule has 4 atom stereocenters. The summed E-state index contributed by atoms with van der Waals surface area (Å²) in [5, 5.41) is 18.9. The summed E-state index contributed by atoms with van der Waals surface area (Å²) in [6.45, 7) is 3.00. The van der Waals surface area contributed by atoms with Crippen LogP contribution in [0.4, 0.5) is 14.6 Å². The molecule has 3 fully saturated rings. The molecule has 0 saturated carbocycles. The van der Waals surface area contributed by atoms with E-state index in [4.69, 9.17) is 31.0 Å². The number of alkyl halides is 1. The van der Waals surface area contributed by atoms with Crippen LogP contribution < -0.4 is 9.64 Å². The maximum atomic E-state index is 17.0. The minimum atomic E-state index is -0.900. The third kappa shape index (κ3) is 5.01. The molecule has 0 unspecified atom stereocenters. The number of rotatable bonds is 4. The monoisotopic (exact) mass is 639 g/mol. The molecule has 0 spiro atoms. The lowest BCUT2D eigenvalue weighted by molar-refractivity contribution is 0.107. The Bertz CT molecular complexity index is 1760. The first kappa shape index (κ1) is 29.2. The largest absolute Gasteiger partial charge is 0.461 e. The first-order valence-electron chi connectivity index (χ1n) is 15.9. The fourth-order valence-electron chi connectivity index (χ4n) is 8.03. The molecule has 45 heavy (non-hydrogen) atoms. The van der Waals surface area contributed by atoms with E-state index >= 15 is 4.39 Å². The van der Waals surface area contributed by atoms with Gasteiger partial charge in [-0.15, -0.1) is 0 Å². The molecule has 3 saturated heterocycles. The molecule has 4 bridgehead atoms. The van der Waals surface area contributed by atoms with Gasteiger partial charge in [0.1, 0.15) is 29.8 Å². The van der Waals surface area contributed by atoms with E-state index in [9.17, 15) is 9.50 Å². The second-order valence-electron chi connectivity index (χ2n) is 13.0. The fraction of sp³-hybridized carbons (Fsp3) is 0.562. The summed E-state index contributed by atoms with van der Waals surface area (Å²) in [6.07, 6.45) is 7.51. The van der Waals surface area contributed by atoms with Crippen LogP contribution >= 0.6 is 11.6 Å². The number of nitrogens with one attached hydrogen (secondary N) is 1. The van der Waals surface area contributed by atoms with Crippen LogP contribution in [0.15, 0.2) is 18.5 Å². The van der Waals surface area contributed by atoms with Gasteiger partial charge in [0.2, 0.25) is 0 Å². The van der Waals surface area contributed by atoms with Crippen molar-refractivity contribution < 1.29 is 23.4 Å². The number of fused-ring (bicyclic) bond motifs is 8. The molecule has 0 radical (unpaired) electrons. The first-order valence-corrected chi connectivity index (χ1v) is 16.3. The number of anilines is 1. The lowest BCUT2D eigenvalue weighted by Gasteiger charge is -2.31. The third-order valence-corrected chi connectivity index (χ3v) is 10.6. The van der Waals surface area contributed by atoms with E-state index in [0.29, 0.717) is 72.9 Å². The number of ether oxygens (including phenoxy) is 2. The zero-order valence-electron chi connectivity index (χ0n) is 24.9. The number of aromatic nitrogens is 5. The highest BCUT2D eigenvalue weighted by atomic mass is 35.5. The number of aromatic amines is 1. The lowest BCUT2D eigenvalue weighted by atomic mass is 9.95. The number of hydrogen-bond acceptors (Lipinski definition) is 9. The van der Waals surface area contributed by atoms with Gasteiger partial charge in [-0.3, -0.25) is 15.0 Å². The summed E-state index contributed by atoms with van der Waals surface area (Å²) in [5.74, 6) is -0.0982. The second-order valence-corrected chi connectivity index (χ2v) is 13.4. The van der Waals surface area contributed by atoms with Gasteiger partial charge < -0.3 is 19.5 Å². The minimum absolute atomic E-state index is 0.0123. The van der Waals surface area contributed by atoms with Gasteiger partial charge in [0.25, 0.3) is 0 Å². The summed E-state index contributed by atoms with van der Waals surface area (Å²) in [4.78, 5) is 18.4. The number of halogens is 3. The fourth-order valence-corrected chi connectivity index (χ4v) is 8.33. The Labute approximate surface area is 264 Å². The van der Waals surface area contributed by atoms with Gasteiger partial charge in [0.15, 0.2) is 5.82 Å². The number of nitrogens with zero attached hydrogens (tertiary/aromatic N) is 6. The average Bonchev–Trinajstić information content (AvgIpc) is 3.81. The number of pyridine rings is 1. The number of aliphatic hydroxyl groups excluding tert-OH is 1. The molecule has 1 aromatic carbocycles. The Morgan fingerprint density at radius 3 is 2.98 bits per heavy atom. The van der Waals surface area contributed by atoms with Crippen molar-refractivity contribution in [3.05, 3.63) is 34.9 Å². The molecule has 0 aliphatic carbocycles. The number of hydrogen-bond donors (Lipinski definition) is 2. The van der Waals surface area contributed by atoms with Gasteiger partial charge in [-0.2, -0.15) is 15.1 Å². The van der Waals surface area contributed by atoms with Gasteiger partial charge in [0, 0.05) is 60.8 Å². The second kappa shape index (κ2) is 11.6. The van der Waals surface area contributed by atoms with E-state index in [1.165, 1.54) is 0 Å². The first-order chi connectivity index (χ1) is 21.9. The zero-order chi connectivity index (χ0) is 30.7. The van der Waals surface area contributed by atoms with Crippen molar-refractivity contribution in [3.8, 4) is 17.3 Å². The van der Waals surface area contributed by atoms with Gasteiger partial charge in [-0.25, -0.2) is 8.78 Å². The van der Waals surface area contributed by atoms with E-state index in [1.54, 1.807) is 12.4 Å². The number of aliphatic hydroxyl groups is 1. The summed E-state index contributed by atoms with van der Waals surface area (Å²) in [5.41, 5.74) is 1.88. The Morgan fingerprint density at radius 1 is 1.18 bits per heavy atom. The van der Waals surface area contributed by atoms with E-state index < -0.39 is 17.5 Å². The Morgan fingerprint density at radius 2 is 2.09 bits per heavy atom. The maximum absolute atomic E-state index is 17.0. The molecule has 5 aliphatic heterocycles. The molecule has 2 N–H and O–H groups in total. The van der Waals surface area contributed by atoms with Crippen LogP contribution in [0.5, 0.6) is 6.01 Å². The van der Waals surface area contributed by atoms with Crippen LogP contribution in [-0.4, -0.2) is 99.0 Å². The minimum Gasteiger partial charge on any atom is -0.461 e. The van der Waals surface area contributed by atoms with Crippen molar-refractivity contribution in [2.24, 2.45) is 5.92 Å². The van der Waals surface area contributed by atoms with Crippen molar-refractivity contribution >= 4 is 39.2 Å². The molecular weight excluding hydrogens is 604 g/mol. The molecule has 13 heteroatoms. The predicted octanol–water partition coefficient (Wildman–Crippen LogP) is 4.86. The molecule has 10 nitrogen and oxygen atoms in total. The van der Waals surface area contributed by atoms with Crippen LogP contribution in [0.3, 0.4) is 0 Å². The van der Waals surface area contributed by atoms with Gasteiger partial charge in [-0.1, -0.05) is 11.6 Å².